The van der Waals surface area contributed by atoms with Gasteiger partial charge in [0.2, 0.25) is 0 Å². The van der Waals surface area contributed by atoms with Crippen molar-refractivity contribution in [3.63, 3.8) is 0 Å². The van der Waals surface area contributed by atoms with Crippen molar-refractivity contribution >= 4 is 5.91 Å². The Hall–Kier alpha value is -2.69. The molecule has 0 aliphatic heterocycles. The summed E-state index contributed by atoms with van der Waals surface area (Å²) in [6.45, 7) is 8.23. The Morgan fingerprint density at radius 3 is 1.76 bits per heavy atom. The first-order valence-corrected chi connectivity index (χ1v) is 14.0. The summed E-state index contributed by atoms with van der Waals surface area (Å²) in [5.74, 6) is 4.76. The van der Waals surface area contributed by atoms with Crippen LogP contribution in [0.3, 0.4) is 0 Å². The molecule has 5 heteroatoms. The van der Waals surface area contributed by atoms with E-state index < -0.39 is 0 Å². The van der Waals surface area contributed by atoms with E-state index in [1.165, 1.54) is 44.1 Å². The zero-order valence-electron chi connectivity index (χ0n) is 23.6. The molecule has 5 nitrogen and oxygen atoms in total. The molecule has 0 aromatic heterocycles. The Morgan fingerprint density at radius 2 is 1.32 bits per heavy atom. The lowest BCUT2D eigenvalue weighted by Gasteiger charge is -2.57. The minimum Gasteiger partial charge on any atom is -0.497 e. The molecular weight excluding hydrogens is 462 g/mol. The van der Waals surface area contributed by atoms with Crippen LogP contribution < -0.4 is 14.2 Å². The van der Waals surface area contributed by atoms with Gasteiger partial charge in [0.25, 0.3) is 5.91 Å². The van der Waals surface area contributed by atoms with Crippen LogP contribution in [0.15, 0.2) is 30.3 Å². The highest BCUT2D eigenvalue weighted by Gasteiger charge is 2.52. The summed E-state index contributed by atoms with van der Waals surface area (Å²) in [6.07, 6.45) is 8.02. The first-order valence-electron chi connectivity index (χ1n) is 14.0. The van der Waals surface area contributed by atoms with Gasteiger partial charge in [-0.2, -0.15) is 0 Å². The van der Waals surface area contributed by atoms with Crippen molar-refractivity contribution in [1.82, 2.24) is 4.90 Å². The first-order chi connectivity index (χ1) is 17.7. The molecule has 4 bridgehead atoms. The highest BCUT2D eigenvalue weighted by molar-refractivity contribution is 6.03. The van der Waals surface area contributed by atoms with E-state index in [4.69, 9.17) is 14.2 Å². The Balaban J connectivity index is 1.66. The number of ether oxygens (including phenoxy) is 3. The lowest BCUT2D eigenvalue weighted by Crippen LogP contribution is -2.48. The van der Waals surface area contributed by atoms with Crippen LogP contribution in [0.1, 0.15) is 82.1 Å². The van der Waals surface area contributed by atoms with Crippen molar-refractivity contribution in [3.8, 4) is 28.4 Å². The molecule has 2 aromatic rings. The van der Waals surface area contributed by atoms with Gasteiger partial charge < -0.3 is 19.1 Å². The van der Waals surface area contributed by atoms with Crippen molar-refractivity contribution in [2.24, 2.45) is 17.8 Å². The molecule has 0 atom stereocenters. The van der Waals surface area contributed by atoms with Gasteiger partial charge in [-0.15, -0.1) is 0 Å². The zero-order valence-corrected chi connectivity index (χ0v) is 23.6. The number of hydrogen-bond acceptors (Lipinski definition) is 4. The van der Waals surface area contributed by atoms with Crippen LogP contribution in [-0.2, 0) is 5.41 Å². The number of nitrogens with zero attached hydrogens (tertiary/aromatic N) is 1. The quantitative estimate of drug-likeness (QED) is 0.384. The minimum atomic E-state index is -0.00285. The van der Waals surface area contributed by atoms with E-state index in [1.807, 2.05) is 23.1 Å². The van der Waals surface area contributed by atoms with Gasteiger partial charge in [-0.1, -0.05) is 0 Å². The number of methoxy groups -OCH3 is 3. The molecule has 200 valence electrons. The molecule has 0 heterocycles. The van der Waals surface area contributed by atoms with Gasteiger partial charge in [0.15, 0.2) is 0 Å². The van der Waals surface area contributed by atoms with E-state index in [-0.39, 0.29) is 23.4 Å². The van der Waals surface area contributed by atoms with Crippen LogP contribution in [0, 0.1) is 17.8 Å². The van der Waals surface area contributed by atoms with Crippen molar-refractivity contribution in [2.75, 3.05) is 21.3 Å². The average molecular weight is 506 g/mol. The standard InChI is InChI=1S/C32H43NO4/c1-19(2)33(20(3)4)31(34)26-9-8-25(35-5)15-27(26)30-28(36-6)13-24(14-29(30)37-7)32-16-21-10-22(17-32)12-23(11-21)18-32/h8-9,13-15,19-23H,10-12,16-18H2,1-7H3. The fraction of sp³-hybridized carbons (Fsp3) is 0.594. The largest absolute Gasteiger partial charge is 0.497 e. The molecule has 0 N–H and O–H groups in total. The number of amides is 1. The van der Waals surface area contributed by atoms with Crippen molar-refractivity contribution < 1.29 is 19.0 Å². The molecule has 1 amide bonds. The van der Waals surface area contributed by atoms with Gasteiger partial charge in [0, 0.05) is 23.2 Å². The third kappa shape index (κ3) is 4.49. The third-order valence-electron chi connectivity index (χ3n) is 9.23. The number of rotatable bonds is 8. The van der Waals surface area contributed by atoms with Crippen molar-refractivity contribution in [2.45, 2.75) is 83.7 Å². The molecule has 6 rings (SSSR count). The lowest BCUT2D eigenvalue weighted by molar-refractivity contribution is -0.00534. The molecule has 0 unspecified atom stereocenters. The summed E-state index contributed by atoms with van der Waals surface area (Å²) in [6, 6.07) is 10.3. The average Bonchev–Trinajstić information content (AvgIpc) is 2.86. The van der Waals surface area contributed by atoms with Crippen LogP contribution in [0.2, 0.25) is 0 Å². The summed E-state index contributed by atoms with van der Waals surface area (Å²) >= 11 is 0. The molecule has 0 spiro atoms. The molecule has 37 heavy (non-hydrogen) atoms. The van der Waals surface area contributed by atoms with Crippen molar-refractivity contribution in [3.05, 3.63) is 41.5 Å². The van der Waals surface area contributed by atoms with Crippen molar-refractivity contribution in [1.29, 1.82) is 0 Å². The fourth-order valence-corrected chi connectivity index (χ4v) is 8.20. The second-order valence-electron chi connectivity index (χ2n) is 12.3. The third-order valence-corrected chi connectivity index (χ3v) is 9.23. The summed E-state index contributed by atoms with van der Waals surface area (Å²) in [7, 11) is 5.09. The van der Waals surface area contributed by atoms with Gasteiger partial charge in [-0.3, -0.25) is 4.79 Å². The maximum Gasteiger partial charge on any atom is 0.254 e. The molecule has 4 aliphatic rings. The van der Waals surface area contributed by atoms with Crippen LogP contribution >= 0.6 is 0 Å². The normalized spacial score (nSPS) is 26.0. The van der Waals surface area contributed by atoms with Crippen LogP contribution in [-0.4, -0.2) is 44.2 Å². The van der Waals surface area contributed by atoms with Gasteiger partial charge in [-0.25, -0.2) is 0 Å². The second kappa shape index (κ2) is 9.89. The van der Waals surface area contributed by atoms with Crippen LogP contribution in [0.25, 0.3) is 11.1 Å². The van der Waals surface area contributed by atoms with E-state index in [1.54, 1.807) is 21.3 Å². The Bertz CT molecular complexity index is 1100. The Morgan fingerprint density at radius 1 is 0.811 bits per heavy atom. The second-order valence-corrected chi connectivity index (χ2v) is 12.3. The molecule has 0 saturated heterocycles. The van der Waals surface area contributed by atoms with Crippen LogP contribution in [0.5, 0.6) is 17.2 Å². The number of carbonyl (C=O) groups is 1. The highest BCUT2D eigenvalue weighted by atomic mass is 16.5. The summed E-state index contributed by atoms with van der Waals surface area (Å²) in [4.78, 5) is 15.8. The molecule has 2 aromatic carbocycles. The van der Waals surface area contributed by atoms with E-state index >= 15 is 0 Å². The maximum absolute atomic E-state index is 13.9. The highest BCUT2D eigenvalue weighted by Crippen LogP contribution is 2.61. The number of hydrogen-bond donors (Lipinski definition) is 0. The molecule has 4 fully saturated rings. The smallest absolute Gasteiger partial charge is 0.254 e. The maximum atomic E-state index is 13.9. The van der Waals surface area contributed by atoms with Gasteiger partial charge in [0.1, 0.15) is 17.2 Å². The topological polar surface area (TPSA) is 48.0 Å². The van der Waals surface area contributed by atoms with E-state index in [2.05, 4.69) is 39.8 Å². The summed E-state index contributed by atoms with van der Waals surface area (Å²) in [5.41, 5.74) is 3.77. The Kier molecular flexibility index (Phi) is 6.93. The monoisotopic (exact) mass is 505 g/mol. The van der Waals surface area contributed by atoms with Gasteiger partial charge in [0.05, 0.1) is 26.9 Å². The predicted molar refractivity (Wildman–Crippen MR) is 148 cm³/mol. The zero-order chi connectivity index (χ0) is 26.5. The molecule has 4 saturated carbocycles. The van der Waals surface area contributed by atoms with E-state index in [0.717, 1.165) is 40.4 Å². The van der Waals surface area contributed by atoms with Gasteiger partial charge >= 0.3 is 0 Å². The fourth-order valence-electron chi connectivity index (χ4n) is 8.20. The summed E-state index contributed by atoms with van der Waals surface area (Å²) in [5, 5.41) is 0. The predicted octanol–water partition coefficient (Wildman–Crippen LogP) is 7.11. The Labute approximate surface area is 222 Å². The van der Waals surface area contributed by atoms with E-state index in [0.29, 0.717) is 11.3 Å². The number of benzene rings is 2. The SMILES string of the molecule is COc1ccc(C(=O)N(C(C)C)C(C)C)c(-c2c(OC)cc(C34CC5CC(CC(C5)C3)C4)cc2OC)c1. The lowest BCUT2D eigenvalue weighted by atomic mass is 9.48. The van der Waals surface area contributed by atoms with E-state index in [9.17, 15) is 4.79 Å². The molecule has 0 radical (unpaired) electrons. The first kappa shape index (κ1) is 25.9. The van der Waals surface area contributed by atoms with Gasteiger partial charge in [-0.05, 0) is 125 Å². The number of carbonyl (C=O) groups excluding carboxylic acids is 1. The molecule has 4 aliphatic carbocycles. The van der Waals surface area contributed by atoms with Crippen LogP contribution in [0.4, 0.5) is 0 Å². The minimum absolute atomic E-state index is 0.00285. The molecular formula is C32H43NO4. The summed E-state index contributed by atoms with van der Waals surface area (Å²) < 4.78 is 17.7.